The smallest absolute Gasteiger partial charge is 0.162 e. The standard InChI is InChI=1S/C20H23N5/c1-25-11-10-22-20(25)16-12-6-2-4-8-14(12)23-19-17(16)18(21)13-7-3-5-9-15(13)24-19/h10-11H,2-9H2,1H3,(H2,21,23,24). The first-order valence-corrected chi connectivity index (χ1v) is 9.34. The van der Waals surface area contributed by atoms with Gasteiger partial charge in [0.2, 0.25) is 0 Å². The molecule has 0 unspecified atom stereocenters. The molecule has 0 aromatic carbocycles. The molecule has 0 atom stereocenters. The highest BCUT2D eigenvalue weighted by Crippen LogP contribution is 2.40. The summed E-state index contributed by atoms with van der Waals surface area (Å²) in [5.41, 5.74) is 14.5. The van der Waals surface area contributed by atoms with Crippen molar-refractivity contribution in [3.05, 3.63) is 34.9 Å². The zero-order valence-electron chi connectivity index (χ0n) is 14.7. The van der Waals surface area contributed by atoms with Gasteiger partial charge in [-0.15, -0.1) is 0 Å². The summed E-state index contributed by atoms with van der Waals surface area (Å²) in [5.74, 6) is 0.981. The summed E-state index contributed by atoms with van der Waals surface area (Å²) in [6, 6.07) is 0. The molecule has 3 aromatic rings. The molecular weight excluding hydrogens is 310 g/mol. The Morgan fingerprint density at radius 1 is 0.920 bits per heavy atom. The fourth-order valence-corrected chi connectivity index (χ4v) is 4.50. The number of fused-ring (bicyclic) bond motifs is 3. The SMILES string of the molecule is Cn1ccnc1-c1c2c(nc3nc4c(c(N)c13)CCCC4)CCCC2. The van der Waals surface area contributed by atoms with Crippen LogP contribution in [-0.2, 0) is 32.7 Å². The van der Waals surface area contributed by atoms with Crippen molar-refractivity contribution in [2.24, 2.45) is 7.05 Å². The number of imidazole rings is 1. The molecule has 0 saturated heterocycles. The molecule has 25 heavy (non-hydrogen) atoms. The molecule has 5 rings (SSSR count). The first kappa shape index (κ1) is 14.9. The number of anilines is 1. The number of hydrogen-bond acceptors (Lipinski definition) is 4. The van der Waals surface area contributed by atoms with Crippen LogP contribution in [0, 0.1) is 0 Å². The Kier molecular flexibility index (Phi) is 3.30. The molecular formula is C20H23N5. The van der Waals surface area contributed by atoms with Crippen LogP contribution < -0.4 is 5.73 Å². The Hall–Kier alpha value is -2.43. The Balaban J connectivity index is 1.92. The normalized spacial score (nSPS) is 16.7. The van der Waals surface area contributed by atoms with Crippen LogP contribution >= 0.6 is 0 Å². The van der Waals surface area contributed by atoms with Crippen molar-refractivity contribution in [3.8, 4) is 11.4 Å². The lowest BCUT2D eigenvalue weighted by Crippen LogP contribution is -2.14. The third-order valence-electron chi connectivity index (χ3n) is 5.77. The predicted molar refractivity (Wildman–Crippen MR) is 99.4 cm³/mol. The number of aromatic nitrogens is 4. The highest BCUT2D eigenvalue weighted by atomic mass is 15.0. The van der Waals surface area contributed by atoms with Gasteiger partial charge in [-0.3, -0.25) is 0 Å². The molecule has 0 spiro atoms. The third kappa shape index (κ3) is 2.18. The van der Waals surface area contributed by atoms with E-state index in [1.165, 1.54) is 48.1 Å². The number of aryl methyl sites for hydroxylation is 3. The van der Waals surface area contributed by atoms with Gasteiger partial charge in [-0.05, 0) is 62.5 Å². The molecule has 0 radical (unpaired) electrons. The first-order chi connectivity index (χ1) is 12.2. The minimum absolute atomic E-state index is 0.816. The molecule has 128 valence electrons. The molecule has 2 aliphatic rings. The molecule has 0 fully saturated rings. The van der Waals surface area contributed by atoms with Gasteiger partial charge < -0.3 is 10.3 Å². The average molecular weight is 333 g/mol. The molecule has 0 aliphatic heterocycles. The topological polar surface area (TPSA) is 69.6 Å². The van der Waals surface area contributed by atoms with E-state index in [0.717, 1.165) is 53.9 Å². The molecule has 3 aromatic heterocycles. The minimum atomic E-state index is 0.816. The van der Waals surface area contributed by atoms with Gasteiger partial charge in [-0.1, -0.05) is 0 Å². The maximum Gasteiger partial charge on any atom is 0.162 e. The molecule has 0 amide bonds. The van der Waals surface area contributed by atoms with E-state index in [4.69, 9.17) is 15.7 Å². The van der Waals surface area contributed by atoms with Crippen LogP contribution in [0.1, 0.15) is 48.2 Å². The number of pyridine rings is 2. The number of rotatable bonds is 1. The van der Waals surface area contributed by atoms with E-state index in [1.54, 1.807) is 0 Å². The van der Waals surface area contributed by atoms with Crippen molar-refractivity contribution in [2.45, 2.75) is 51.4 Å². The molecule has 2 N–H and O–H groups in total. The van der Waals surface area contributed by atoms with Crippen molar-refractivity contribution < 1.29 is 0 Å². The number of nitrogens with zero attached hydrogens (tertiary/aromatic N) is 4. The van der Waals surface area contributed by atoms with Crippen molar-refractivity contribution in [1.82, 2.24) is 19.5 Å². The van der Waals surface area contributed by atoms with E-state index in [0.29, 0.717) is 0 Å². The second-order valence-corrected chi connectivity index (χ2v) is 7.34. The second-order valence-electron chi connectivity index (χ2n) is 7.34. The Morgan fingerprint density at radius 2 is 1.56 bits per heavy atom. The maximum atomic E-state index is 6.71. The van der Waals surface area contributed by atoms with Gasteiger partial charge >= 0.3 is 0 Å². The third-order valence-corrected chi connectivity index (χ3v) is 5.77. The van der Waals surface area contributed by atoms with Crippen LogP contribution in [0.4, 0.5) is 5.69 Å². The largest absolute Gasteiger partial charge is 0.398 e. The lowest BCUT2D eigenvalue weighted by molar-refractivity contribution is 0.664. The minimum Gasteiger partial charge on any atom is -0.398 e. The van der Waals surface area contributed by atoms with Gasteiger partial charge in [-0.25, -0.2) is 15.0 Å². The summed E-state index contributed by atoms with van der Waals surface area (Å²) in [6.45, 7) is 0. The van der Waals surface area contributed by atoms with Crippen LogP contribution in [-0.4, -0.2) is 19.5 Å². The predicted octanol–water partition coefficient (Wildman–Crippen LogP) is 3.37. The summed E-state index contributed by atoms with van der Waals surface area (Å²) in [5, 5.41) is 1.02. The summed E-state index contributed by atoms with van der Waals surface area (Å²) in [6.07, 6.45) is 12.8. The average Bonchev–Trinajstić information content (AvgIpc) is 3.06. The Labute approximate surface area is 147 Å². The maximum absolute atomic E-state index is 6.71. The molecule has 0 bridgehead atoms. The molecule has 5 heteroatoms. The van der Waals surface area contributed by atoms with Crippen molar-refractivity contribution in [2.75, 3.05) is 5.73 Å². The van der Waals surface area contributed by atoms with Gasteiger partial charge in [0, 0.05) is 42.1 Å². The van der Waals surface area contributed by atoms with Crippen molar-refractivity contribution >= 4 is 16.7 Å². The quantitative estimate of drug-likeness (QED) is 0.741. The van der Waals surface area contributed by atoms with E-state index < -0.39 is 0 Å². The van der Waals surface area contributed by atoms with Gasteiger partial charge in [0.1, 0.15) is 5.82 Å². The molecule has 3 heterocycles. The lowest BCUT2D eigenvalue weighted by Gasteiger charge is -2.24. The highest BCUT2D eigenvalue weighted by Gasteiger charge is 2.26. The lowest BCUT2D eigenvalue weighted by atomic mass is 9.87. The fraction of sp³-hybridized carbons (Fsp3) is 0.450. The molecule has 5 nitrogen and oxygen atoms in total. The number of nitrogen functional groups attached to an aromatic ring is 1. The summed E-state index contributed by atoms with van der Waals surface area (Å²) >= 11 is 0. The summed E-state index contributed by atoms with van der Waals surface area (Å²) in [4.78, 5) is 14.6. The van der Waals surface area contributed by atoms with Crippen LogP contribution in [0.2, 0.25) is 0 Å². The van der Waals surface area contributed by atoms with E-state index >= 15 is 0 Å². The first-order valence-electron chi connectivity index (χ1n) is 9.34. The Bertz CT molecular complexity index is 980. The zero-order valence-corrected chi connectivity index (χ0v) is 14.7. The molecule has 0 saturated carbocycles. The monoisotopic (exact) mass is 333 g/mol. The van der Waals surface area contributed by atoms with E-state index in [1.807, 2.05) is 19.4 Å². The van der Waals surface area contributed by atoms with Crippen LogP contribution in [0.15, 0.2) is 12.4 Å². The summed E-state index contributed by atoms with van der Waals surface area (Å²) in [7, 11) is 2.05. The van der Waals surface area contributed by atoms with Gasteiger partial charge in [0.05, 0.1) is 5.39 Å². The van der Waals surface area contributed by atoms with E-state index in [2.05, 4.69) is 9.55 Å². The van der Waals surface area contributed by atoms with Gasteiger partial charge in [0.25, 0.3) is 0 Å². The van der Waals surface area contributed by atoms with E-state index in [-0.39, 0.29) is 0 Å². The van der Waals surface area contributed by atoms with Gasteiger partial charge in [-0.2, -0.15) is 0 Å². The highest BCUT2D eigenvalue weighted by molar-refractivity contribution is 6.02. The fourth-order valence-electron chi connectivity index (χ4n) is 4.50. The number of hydrogen-bond donors (Lipinski definition) is 1. The zero-order chi connectivity index (χ0) is 17.0. The van der Waals surface area contributed by atoms with Crippen LogP contribution in [0.3, 0.4) is 0 Å². The second kappa shape index (κ2) is 5.55. The van der Waals surface area contributed by atoms with Gasteiger partial charge in [0.15, 0.2) is 5.65 Å². The van der Waals surface area contributed by atoms with Crippen molar-refractivity contribution in [1.29, 1.82) is 0 Å². The van der Waals surface area contributed by atoms with Crippen molar-refractivity contribution in [3.63, 3.8) is 0 Å². The summed E-state index contributed by atoms with van der Waals surface area (Å²) < 4.78 is 2.09. The number of nitrogens with two attached hydrogens (primary N) is 1. The Morgan fingerprint density at radius 3 is 2.24 bits per heavy atom. The van der Waals surface area contributed by atoms with E-state index in [9.17, 15) is 0 Å². The molecule has 2 aliphatic carbocycles. The van der Waals surface area contributed by atoms with Crippen LogP contribution in [0.25, 0.3) is 22.4 Å². The van der Waals surface area contributed by atoms with Crippen LogP contribution in [0.5, 0.6) is 0 Å².